The monoisotopic (exact) mass is 391 g/mol. The molecule has 28 heavy (non-hydrogen) atoms. The molecule has 2 heterocycles. The summed E-state index contributed by atoms with van der Waals surface area (Å²) in [5.74, 6) is 1.58. The largest absolute Gasteiger partial charge is 0.492 e. The molecule has 1 N–H and O–H groups in total. The number of hydrogen-bond acceptors (Lipinski definition) is 4. The number of carbonyl (C=O) groups is 1. The Morgan fingerprint density at radius 2 is 1.89 bits per heavy atom. The molecule has 142 valence electrons. The van der Waals surface area contributed by atoms with Gasteiger partial charge in [0.05, 0.1) is 28.5 Å². The minimum Gasteiger partial charge on any atom is -0.492 e. The lowest BCUT2D eigenvalue weighted by atomic mass is 10.3. The van der Waals surface area contributed by atoms with Crippen LogP contribution in [0.4, 0.5) is 0 Å². The Hall–Kier alpha value is -3.12. The lowest BCUT2D eigenvalue weighted by Crippen LogP contribution is -2.28. The molecule has 0 saturated heterocycles. The van der Waals surface area contributed by atoms with Crippen molar-refractivity contribution >= 4 is 28.3 Å². The number of carbonyl (C=O) groups excluding carboxylic acids is 1. The molecule has 1 unspecified atom stereocenters. The van der Waals surface area contributed by atoms with Crippen molar-refractivity contribution in [3.63, 3.8) is 0 Å². The predicted molar refractivity (Wildman–Crippen MR) is 112 cm³/mol. The minimum absolute atomic E-state index is 0.0818. The van der Waals surface area contributed by atoms with Gasteiger partial charge in [-0.2, -0.15) is 0 Å². The van der Waals surface area contributed by atoms with Gasteiger partial charge in [0.25, 0.3) is 5.91 Å². The number of aromatic nitrogens is 2. The van der Waals surface area contributed by atoms with Crippen molar-refractivity contribution < 1.29 is 9.53 Å². The van der Waals surface area contributed by atoms with Crippen LogP contribution in [0.3, 0.4) is 0 Å². The van der Waals surface area contributed by atoms with Crippen LogP contribution in [0, 0.1) is 0 Å². The van der Waals surface area contributed by atoms with Crippen molar-refractivity contribution in [2.45, 2.75) is 19.5 Å². The average molecular weight is 391 g/mol. The number of amides is 1. The van der Waals surface area contributed by atoms with Gasteiger partial charge in [0.2, 0.25) is 0 Å². The molecule has 1 atom stereocenters. The number of benzene rings is 2. The van der Waals surface area contributed by atoms with Crippen molar-refractivity contribution in [2.75, 3.05) is 6.61 Å². The van der Waals surface area contributed by atoms with Gasteiger partial charge in [-0.1, -0.05) is 36.4 Å². The highest BCUT2D eigenvalue weighted by Crippen LogP contribution is 2.22. The zero-order chi connectivity index (χ0) is 19.3. The summed E-state index contributed by atoms with van der Waals surface area (Å²) in [6, 6.07) is 21.2. The zero-order valence-corrected chi connectivity index (χ0v) is 16.4. The maximum Gasteiger partial charge on any atom is 0.261 e. The van der Waals surface area contributed by atoms with Gasteiger partial charge in [0.15, 0.2) is 0 Å². The molecule has 0 radical (unpaired) electrons. The molecule has 0 aliphatic carbocycles. The second-order valence-corrected chi connectivity index (χ2v) is 7.39. The van der Waals surface area contributed by atoms with E-state index in [-0.39, 0.29) is 11.9 Å². The molecule has 0 fully saturated rings. The van der Waals surface area contributed by atoms with Crippen molar-refractivity contribution in [1.82, 2.24) is 14.9 Å². The van der Waals surface area contributed by atoms with Crippen LogP contribution in [0.15, 0.2) is 72.1 Å². The first-order chi connectivity index (χ1) is 13.7. The van der Waals surface area contributed by atoms with Crippen LogP contribution < -0.4 is 10.1 Å². The zero-order valence-electron chi connectivity index (χ0n) is 15.5. The maximum atomic E-state index is 12.5. The first-order valence-electron chi connectivity index (χ1n) is 9.20. The molecule has 0 aliphatic rings. The fourth-order valence-electron chi connectivity index (χ4n) is 3.17. The van der Waals surface area contributed by atoms with E-state index in [9.17, 15) is 4.79 Å². The summed E-state index contributed by atoms with van der Waals surface area (Å²) in [5.41, 5.74) is 1.95. The van der Waals surface area contributed by atoms with Crippen LogP contribution in [0.1, 0.15) is 28.5 Å². The predicted octanol–water partition coefficient (Wildman–Crippen LogP) is 4.67. The van der Waals surface area contributed by atoms with E-state index in [1.165, 1.54) is 11.3 Å². The van der Waals surface area contributed by atoms with E-state index in [4.69, 9.17) is 9.72 Å². The second-order valence-electron chi connectivity index (χ2n) is 6.44. The molecular weight excluding hydrogens is 370 g/mol. The van der Waals surface area contributed by atoms with Crippen LogP contribution in [-0.2, 0) is 6.54 Å². The van der Waals surface area contributed by atoms with Crippen LogP contribution in [0.2, 0.25) is 0 Å². The Kier molecular flexibility index (Phi) is 5.39. The highest BCUT2D eigenvalue weighted by Gasteiger charge is 2.19. The first-order valence-corrected chi connectivity index (χ1v) is 10.1. The fourth-order valence-corrected chi connectivity index (χ4v) is 3.80. The number of para-hydroxylation sites is 3. The number of ether oxygens (including phenoxy) is 1. The highest BCUT2D eigenvalue weighted by atomic mass is 32.1. The SMILES string of the molecule is CC(NC(=O)c1cccs1)c1nc2ccccc2n1CCOc1ccccc1. The molecular formula is C22H21N3O2S. The lowest BCUT2D eigenvalue weighted by Gasteiger charge is -2.16. The van der Waals surface area contributed by atoms with Gasteiger partial charge in [-0.15, -0.1) is 11.3 Å². The van der Waals surface area contributed by atoms with Crippen LogP contribution in [-0.4, -0.2) is 22.1 Å². The number of imidazole rings is 1. The molecule has 0 bridgehead atoms. The lowest BCUT2D eigenvalue weighted by molar-refractivity contribution is 0.0941. The van der Waals surface area contributed by atoms with E-state index in [0.717, 1.165) is 22.6 Å². The molecule has 2 aromatic carbocycles. The Balaban J connectivity index is 1.55. The van der Waals surface area contributed by atoms with Crippen LogP contribution >= 0.6 is 11.3 Å². The molecule has 0 spiro atoms. The average Bonchev–Trinajstić information content (AvgIpc) is 3.37. The molecule has 1 amide bonds. The van der Waals surface area contributed by atoms with E-state index in [2.05, 4.69) is 9.88 Å². The third-order valence-corrected chi connectivity index (χ3v) is 5.36. The summed E-state index contributed by atoms with van der Waals surface area (Å²) >= 11 is 1.43. The molecule has 0 aliphatic heterocycles. The van der Waals surface area contributed by atoms with Crippen LogP contribution in [0.25, 0.3) is 11.0 Å². The number of thiophene rings is 1. The van der Waals surface area contributed by atoms with E-state index >= 15 is 0 Å². The third-order valence-electron chi connectivity index (χ3n) is 4.49. The molecule has 0 saturated carbocycles. The number of nitrogens with zero attached hydrogens (tertiary/aromatic N) is 2. The molecule has 4 aromatic rings. The summed E-state index contributed by atoms with van der Waals surface area (Å²) < 4.78 is 7.99. The first kappa shape index (κ1) is 18.3. The third kappa shape index (κ3) is 3.92. The Bertz CT molecular complexity index is 1060. The van der Waals surface area contributed by atoms with Gasteiger partial charge >= 0.3 is 0 Å². The van der Waals surface area contributed by atoms with Gasteiger partial charge in [-0.25, -0.2) is 4.98 Å². The Morgan fingerprint density at radius 3 is 2.68 bits per heavy atom. The standard InChI is InChI=1S/C22H21N3O2S/c1-16(23-22(26)20-12-7-15-28-20)21-24-18-10-5-6-11-19(18)25(21)13-14-27-17-8-3-2-4-9-17/h2-12,15-16H,13-14H2,1H3,(H,23,26). The van der Waals surface area contributed by atoms with Gasteiger partial charge in [-0.05, 0) is 42.6 Å². The van der Waals surface area contributed by atoms with Gasteiger partial charge in [0, 0.05) is 0 Å². The summed E-state index contributed by atoms with van der Waals surface area (Å²) in [7, 11) is 0. The quantitative estimate of drug-likeness (QED) is 0.498. The molecule has 6 heteroatoms. The summed E-state index contributed by atoms with van der Waals surface area (Å²) in [6.07, 6.45) is 0. The Morgan fingerprint density at radius 1 is 1.11 bits per heavy atom. The molecule has 5 nitrogen and oxygen atoms in total. The topological polar surface area (TPSA) is 56.2 Å². The Labute approximate surface area is 167 Å². The molecule has 4 rings (SSSR count). The van der Waals surface area contributed by atoms with Crippen molar-refractivity contribution in [2.24, 2.45) is 0 Å². The summed E-state index contributed by atoms with van der Waals surface area (Å²) in [6.45, 7) is 3.12. The van der Waals surface area contributed by atoms with Crippen molar-refractivity contribution in [3.05, 3.63) is 82.8 Å². The number of hydrogen-bond donors (Lipinski definition) is 1. The van der Waals surface area contributed by atoms with Crippen molar-refractivity contribution in [3.8, 4) is 5.75 Å². The van der Waals surface area contributed by atoms with Gasteiger partial charge in [-0.3, -0.25) is 4.79 Å². The van der Waals surface area contributed by atoms with E-state index in [1.54, 1.807) is 0 Å². The number of rotatable bonds is 7. The summed E-state index contributed by atoms with van der Waals surface area (Å²) in [5, 5.41) is 4.95. The number of nitrogens with one attached hydrogen (secondary N) is 1. The van der Waals surface area contributed by atoms with E-state index < -0.39 is 0 Å². The van der Waals surface area contributed by atoms with E-state index in [1.807, 2.05) is 79.0 Å². The second kappa shape index (κ2) is 8.27. The molecule has 2 aromatic heterocycles. The van der Waals surface area contributed by atoms with Crippen LogP contribution in [0.5, 0.6) is 5.75 Å². The van der Waals surface area contributed by atoms with Gasteiger partial charge < -0.3 is 14.6 Å². The summed E-state index contributed by atoms with van der Waals surface area (Å²) in [4.78, 5) is 17.9. The van der Waals surface area contributed by atoms with E-state index in [0.29, 0.717) is 18.0 Å². The minimum atomic E-state index is -0.223. The van der Waals surface area contributed by atoms with Gasteiger partial charge in [0.1, 0.15) is 18.2 Å². The highest BCUT2D eigenvalue weighted by molar-refractivity contribution is 7.12. The maximum absolute atomic E-state index is 12.5. The normalized spacial score (nSPS) is 12.0. The fraction of sp³-hybridized carbons (Fsp3) is 0.182. The number of fused-ring (bicyclic) bond motifs is 1. The van der Waals surface area contributed by atoms with Crippen molar-refractivity contribution in [1.29, 1.82) is 0 Å². The smallest absolute Gasteiger partial charge is 0.261 e.